The molecule has 3 aromatic rings. The van der Waals surface area contributed by atoms with Crippen molar-refractivity contribution in [2.75, 3.05) is 6.54 Å². The smallest absolute Gasteiger partial charge is 0.309 e. The van der Waals surface area contributed by atoms with Crippen molar-refractivity contribution in [2.45, 2.75) is 16.7 Å². The summed E-state index contributed by atoms with van der Waals surface area (Å²) in [5.41, 5.74) is 0.781. The Labute approximate surface area is 183 Å². The number of nitrogens with one attached hydrogen (secondary N) is 2. The van der Waals surface area contributed by atoms with E-state index < -0.39 is 26.9 Å². The van der Waals surface area contributed by atoms with Crippen molar-refractivity contribution < 1.29 is 18.0 Å². The molecule has 0 unspecified atom stereocenters. The Hall–Kier alpha value is -2.68. The van der Waals surface area contributed by atoms with Crippen LogP contribution in [0, 0.1) is 0 Å². The van der Waals surface area contributed by atoms with Gasteiger partial charge in [-0.3, -0.25) is 9.59 Å². The molecular weight excluding hydrogens is 444 g/mol. The zero-order valence-corrected chi connectivity index (χ0v) is 18.1. The molecule has 0 saturated heterocycles. The lowest BCUT2D eigenvalue weighted by atomic mass is 10.2. The second kappa shape index (κ2) is 9.88. The Morgan fingerprint density at radius 2 is 1.57 bits per heavy atom. The summed E-state index contributed by atoms with van der Waals surface area (Å²) < 4.78 is 26.2. The Morgan fingerprint density at radius 3 is 2.20 bits per heavy atom. The number of carbonyl (C=O) groups is 2. The van der Waals surface area contributed by atoms with Gasteiger partial charge in [-0.25, -0.2) is 8.42 Å². The van der Waals surface area contributed by atoms with Gasteiger partial charge in [-0.2, -0.15) is 0 Å². The van der Waals surface area contributed by atoms with E-state index in [1.54, 1.807) is 60.0 Å². The number of hydrogen-bond donors (Lipinski definition) is 2. The molecule has 0 aliphatic heterocycles. The van der Waals surface area contributed by atoms with Gasteiger partial charge in [0.2, 0.25) is 0 Å². The molecule has 1 aromatic heterocycles. The van der Waals surface area contributed by atoms with Gasteiger partial charge < -0.3 is 10.6 Å². The number of sulfone groups is 1. The van der Waals surface area contributed by atoms with Gasteiger partial charge in [0.25, 0.3) is 0 Å². The first-order chi connectivity index (χ1) is 14.4. The topological polar surface area (TPSA) is 92.3 Å². The molecular formula is C21H19ClN2O4S2. The van der Waals surface area contributed by atoms with Gasteiger partial charge >= 0.3 is 11.8 Å². The molecule has 6 nitrogen and oxygen atoms in total. The number of benzene rings is 2. The molecule has 156 valence electrons. The molecule has 0 radical (unpaired) electrons. The number of halogens is 1. The molecule has 30 heavy (non-hydrogen) atoms. The van der Waals surface area contributed by atoms with Gasteiger partial charge in [-0.05, 0) is 41.3 Å². The number of hydrogen-bond acceptors (Lipinski definition) is 5. The molecule has 0 spiro atoms. The number of carbonyl (C=O) groups excluding carboxylic acids is 2. The fourth-order valence-corrected chi connectivity index (χ4v) is 5.67. The van der Waals surface area contributed by atoms with Crippen molar-refractivity contribution >= 4 is 44.6 Å². The molecule has 1 heterocycles. The highest BCUT2D eigenvalue weighted by Gasteiger charge is 2.31. The lowest BCUT2D eigenvalue weighted by molar-refractivity contribution is -0.139. The van der Waals surface area contributed by atoms with Gasteiger partial charge in [0.05, 0.1) is 4.90 Å². The van der Waals surface area contributed by atoms with E-state index in [1.807, 2.05) is 0 Å². The highest BCUT2D eigenvalue weighted by molar-refractivity contribution is 7.91. The van der Waals surface area contributed by atoms with Crippen LogP contribution in [0.1, 0.15) is 15.7 Å². The second-order valence-electron chi connectivity index (χ2n) is 6.38. The summed E-state index contributed by atoms with van der Waals surface area (Å²) in [6.45, 7) is -0.0645. The zero-order valence-electron chi connectivity index (χ0n) is 15.7. The van der Waals surface area contributed by atoms with E-state index in [-0.39, 0.29) is 18.0 Å². The normalized spacial score (nSPS) is 12.2. The van der Waals surface area contributed by atoms with E-state index in [2.05, 4.69) is 10.6 Å². The lowest BCUT2D eigenvalue weighted by Crippen LogP contribution is -2.42. The predicted octanol–water partition coefficient (Wildman–Crippen LogP) is 3.35. The van der Waals surface area contributed by atoms with Crippen LogP contribution in [0.4, 0.5) is 0 Å². The van der Waals surface area contributed by atoms with Crippen LogP contribution in [0.2, 0.25) is 5.02 Å². The first-order valence-corrected chi connectivity index (χ1v) is 11.8. The van der Waals surface area contributed by atoms with Crippen LogP contribution < -0.4 is 10.6 Å². The van der Waals surface area contributed by atoms with Crippen LogP contribution in [0.5, 0.6) is 0 Å². The van der Waals surface area contributed by atoms with Gasteiger partial charge in [-0.15, -0.1) is 11.3 Å². The highest BCUT2D eigenvalue weighted by Crippen LogP contribution is 2.31. The van der Waals surface area contributed by atoms with Crippen LogP contribution in [-0.2, 0) is 26.0 Å². The fraction of sp³-hybridized carbons (Fsp3) is 0.143. The van der Waals surface area contributed by atoms with Crippen LogP contribution in [0.15, 0.2) is 77.0 Å². The van der Waals surface area contributed by atoms with Crippen LogP contribution >= 0.6 is 22.9 Å². The number of amides is 2. The fourth-order valence-electron chi connectivity index (χ4n) is 2.74. The third-order valence-corrected chi connectivity index (χ3v) is 7.81. The van der Waals surface area contributed by atoms with E-state index in [0.29, 0.717) is 9.90 Å². The summed E-state index contributed by atoms with van der Waals surface area (Å²) in [5.74, 6) is -1.74. The van der Waals surface area contributed by atoms with Crippen molar-refractivity contribution in [1.82, 2.24) is 10.6 Å². The molecule has 2 aromatic carbocycles. The summed E-state index contributed by atoms with van der Waals surface area (Å²) in [4.78, 5) is 25.1. The largest absolute Gasteiger partial charge is 0.346 e. The number of thiophene rings is 1. The van der Waals surface area contributed by atoms with Gasteiger partial charge in [0.1, 0.15) is 5.25 Å². The van der Waals surface area contributed by atoms with Crippen molar-refractivity contribution in [3.63, 3.8) is 0 Å². The first kappa shape index (κ1) is 22.0. The predicted molar refractivity (Wildman–Crippen MR) is 117 cm³/mol. The molecule has 1 atom stereocenters. The van der Waals surface area contributed by atoms with Crippen molar-refractivity contribution in [3.05, 3.63) is 87.6 Å². The van der Waals surface area contributed by atoms with Gasteiger partial charge in [0, 0.05) is 23.0 Å². The molecule has 9 heteroatoms. The second-order valence-corrected chi connectivity index (χ2v) is 9.93. The Morgan fingerprint density at radius 1 is 0.900 bits per heavy atom. The first-order valence-electron chi connectivity index (χ1n) is 9.01. The van der Waals surface area contributed by atoms with E-state index >= 15 is 0 Å². The summed E-state index contributed by atoms with van der Waals surface area (Å²) in [6, 6.07) is 18.3. The molecule has 2 amide bonds. The summed E-state index contributed by atoms with van der Waals surface area (Å²) in [5, 5.41) is 6.30. The third kappa shape index (κ3) is 5.47. The van der Waals surface area contributed by atoms with Crippen molar-refractivity contribution in [2.24, 2.45) is 0 Å². The summed E-state index contributed by atoms with van der Waals surface area (Å²) >= 11 is 7.10. The van der Waals surface area contributed by atoms with Gasteiger partial charge in [-0.1, -0.05) is 48.0 Å². The lowest BCUT2D eigenvalue weighted by Gasteiger charge is -2.17. The Kier molecular flexibility index (Phi) is 7.25. The molecule has 0 saturated carbocycles. The van der Waals surface area contributed by atoms with E-state index in [0.717, 1.165) is 5.56 Å². The van der Waals surface area contributed by atoms with Crippen LogP contribution in [0.3, 0.4) is 0 Å². The minimum Gasteiger partial charge on any atom is -0.346 e. The van der Waals surface area contributed by atoms with Crippen LogP contribution in [0.25, 0.3) is 0 Å². The Bertz CT molecular complexity index is 1100. The summed E-state index contributed by atoms with van der Waals surface area (Å²) in [7, 11) is -3.75. The van der Waals surface area contributed by atoms with Crippen molar-refractivity contribution in [3.8, 4) is 0 Å². The zero-order chi connectivity index (χ0) is 21.6. The monoisotopic (exact) mass is 462 g/mol. The SMILES string of the molecule is O=C(NCc1ccc(Cl)cc1)C(=O)NC[C@@H](c1cccs1)S(=O)(=O)c1ccccc1. The average molecular weight is 463 g/mol. The third-order valence-electron chi connectivity index (χ3n) is 4.33. The van der Waals surface area contributed by atoms with Crippen molar-refractivity contribution in [1.29, 1.82) is 0 Å². The van der Waals surface area contributed by atoms with Gasteiger partial charge in [0.15, 0.2) is 9.84 Å². The average Bonchev–Trinajstić information content (AvgIpc) is 3.28. The minimum absolute atomic E-state index is 0.153. The maximum atomic E-state index is 13.1. The highest BCUT2D eigenvalue weighted by atomic mass is 35.5. The maximum Gasteiger partial charge on any atom is 0.309 e. The maximum absolute atomic E-state index is 13.1. The van der Waals surface area contributed by atoms with E-state index in [1.165, 1.54) is 23.5 Å². The molecule has 0 aliphatic carbocycles. The minimum atomic E-state index is -3.75. The molecule has 0 fully saturated rings. The number of rotatable bonds is 7. The molecule has 0 aliphatic rings. The summed E-state index contributed by atoms with van der Waals surface area (Å²) in [6.07, 6.45) is 0. The Balaban J connectivity index is 1.66. The van der Waals surface area contributed by atoms with E-state index in [9.17, 15) is 18.0 Å². The van der Waals surface area contributed by atoms with E-state index in [4.69, 9.17) is 11.6 Å². The molecule has 0 bridgehead atoms. The molecule has 3 rings (SSSR count). The quantitative estimate of drug-likeness (QED) is 0.526. The van der Waals surface area contributed by atoms with Crippen LogP contribution in [-0.4, -0.2) is 26.8 Å². The standard InChI is InChI=1S/C21H19ClN2O4S2/c22-16-10-8-15(9-11-16)13-23-20(25)21(26)24-14-19(18-7-4-12-29-18)30(27,28)17-5-2-1-3-6-17/h1-12,19H,13-14H2,(H,23,25)(H,24,26)/t19-/m0/s1. The molecule has 2 N–H and O–H groups in total.